The van der Waals surface area contributed by atoms with Crippen LogP contribution in [-0.2, 0) is 47.7 Å². The van der Waals surface area contributed by atoms with Crippen molar-refractivity contribution < 1.29 is 57.9 Å². The molecule has 0 spiro atoms. The van der Waals surface area contributed by atoms with Gasteiger partial charge in [0.15, 0.2) is 0 Å². The van der Waals surface area contributed by atoms with E-state index in [1.165, 1.54) is 4.90 Å². The van der Waals surface area contributed by atoms with Crippen LogP contribution in [0.15, 0.2) is 47.6 Å². The number of cyclic esters (lactones) is 1. The number of aliphatic hydroxyl groups excluding tert-OH is 1. The molecule has 3 fully saturated rings. The SMILES string of the molecule is CO[C@H]1C[C@@H]2CC[C@@H](C)[C@@](O)(O2)C(=O)C(=O)N2CCCC[C@H]2C(=O)O[C@H]([C@H](C)C[C@@H]2CC[C@@H](OCCO)[C@H](C)C2)CC(=O)[C@H](C)/C=C(\C)[C@@H](OC(C)(C)C)[C@@H](C)C(=O)[C@H](C)C[C@H](C)/C=C/C=C/C=C/1C. The normalized spacial score (nSPS) is 38.6. The first-order valence-corrected chi connectivity index (χ1v) is 26.6. The quantitative estimate of drug-likeness (QED) is 0.134. The predicted octanol–water partition coefficient (Wildman–Crippen LogP) is 9.26. The zero-order valence-electron chi connectivity index (χ0n) is 45.1. The van der Waals surface area contributed by atoms with Gasteiger partial charge in [-0.3, -0.25) is 19.2 Å². The Balaban J connectivity index is 1.73. The lowest BCUT2D eigenvalue weighted by molar-refractivity contribution is -0.265. The first-order valence-electron chi connectivity index (χ1n) is 26.6. The van der Waals surface area contributed by atoms with Crippen molar-refractivity contribution in [2.24, 2.45) is 47.3 Å². The monoisotopic (exact) mass is 982 g/mol. The number of nitrogens with zero attached hydrogens (tertiary/aromatic N) is 1. The molecule has 0 aromatic heterocycles. The van der Waals surface area contributed by atoms with E-state index in [4.69, 9.17) is 23.7 Å². The van der Waals surface area contributed by atoms with Crippen LogP contribution in [0, 0.1) is 47.3 Å². The molecule has 396 valence electrons. The number of esters is 1. The van der Waals surface area contributed by atoms with Crippen LogP contribution in [0.1, 0.15) is 160 Å². The van der Waals surface area contributed by atoms with Gasteiger partial charge < -0.3 is 38.8 Å². The molecule has 0 aromatic carbocycles. The predicted molar refractivity (Wildman–Crippen MR) is 271 cm³/mol. The fourth-order valence-electron chi connectivity index (χ4n) is 11.2. The number of hydrogen-bond donors (Lipinski definition) is 2. The number of ketones is 3. The minimum absolute atomic E-state index is 0.0342. The number of hydrogen-bond acceptors (Lipinski definition) is 12. The van der Waals surface area contributed by atoms with E-state index in [2.05, 4.69) is 19.9 Å². The zero-order valence-corrected chi connectivity index (χ0v) is 45.1. The van der Waals surface area contributed by atoms with Crippen LogP contribution >= 0.6 is 0 Å². The van der Waals surface area contributed by atoms with E-state index in [-0.39, 0.29) is 73.3 Å². The fourth-order valence-corrected chi connectivity index (χ4v) is 11.2. The van der Waals surface area contributed by atoms with E-state index in [1.54, 1.807) is 14.0 Å². The summed E-state index contributed by atoms with van der Waals surface area (Å²) in [6.07, 6.45) is 15.9. The number of carbonyl (C=O) groups excluding carboxylic acids is 5. The number of allylic oxidation sites excluding steroid dienone is 6. The van der Waals surface area contributed by atoms with Crippen molar-refractivity contribution >= 4 is 29.2 Å². The van der Waals surface area contributed by atoms with Gasteiger partial charge in [-0.2, -0.15) is 0 Å². The maximum Gasteiger partial charge on any atom is 0.329 e. The maximum atomic E-state index is 14.6. The zero-order chi connectivity index (χ0) is 52.1. The van der Waals surface area contributed by atoms with Gasteiger partial charge in [0.05, 0.1) is 43.2 Å². The van der Waals surface area contributed by atoms with Gasteiger partial charge in [-0.05, 0) is 134 Å². The Hall–Kier alpha value is -3.33. The Bertz CT molecular complexity index is 1880. The minimum atomic E-state index is -2.41. The molecule has 0 radical (unpaired) electrons. The highest BCUT2D eigenvalue weighted by Gasteiger charge is 2.53. The molecule has 4 rings (SSSR count). The smallest absolute Gasteiger partial charge is 0.329 e. The van der Waals surface area contributed by atoms with Gasteiger partial charge in [0, 0.05) is 50.2 Å². The Kier molecular flexibility index (Phi) is 22.9. The van der Waals surface area contributed by atoms with Crippen LogP contribution in [0.2, 0.25) is 0 Å². The van der Waals surface area contributed by atoms with E-state index in [9.17, 15) is 34.2 Å². The van der Waals surface area contributed by atoms with Gasteiger partial charge >= 0.3 is 5.97 Å². The van der Waals surface area contributed by atoms with Crippen LogP contribution in [0.3, 0.4) is 0 Å². The number of Topliss-reactive ketones (excluding diaryl/α,β-unsaturated/α-hetero) is 3. The Morgan fingerprint density at radius 2 is 1.60 bits per heavy atom. The molecule has 2 N–H and O–H groups in total. The molecule has 15 atom stereocenters. The summed E-state index contributed by atoms with van der Waals surface area (Å²) in [6, 6.07) is -1.10. The second kappa shape index (κ2) is 27.1. The number of aliphatic hydroxyl groups is 2. The number of amides is 1. The molecule has 13 nitrogen and oxygen atoms in total. The Morgan fingerprint density at radius 3 is 2.26 bits per heavy atom. The lowest BCUT2D eigenvalue weighted by atomic mass is 9.75. The summed E-state index contributed by atoms with van der Waals surface area (Å²) in [4.78, 5) is 73.1. The van der Waals surface area contributed by atoms with Gasteiger partial charge in [-0.25, -0.2) is 4.79 Å². The van der Waals surface area contributed by atoms with Gasteiger partial charge in [0.1, 0.15) is 23.7 Å². The minimum Gasteiger partial charge on any atom is -0.460 e. The maximum absolute atomic E-state index is 14.6. The van der Waals surface area contributed by atoms with E-state index in [0.717, 1.165) is 30.4 Å². The van der Waals surface area contributed by atoms with Crippen molar-refractivity contribution in [1.82, 2.24) is 4.90 Å². The molecule has 13 heteroatoms. The van der Waals surface area contributed by atoms with Crippen molar-refractivity contribution in [2.45, 2.75) is 208 Å². The van der Waals surface area contributed by atoms with Crippen molar-refractivity contribution in [3.63, 3.8) is 0 Å². The van der Waals surface area contributed by atoms with Crippen molar-refractivity contribution in [1.29, 1.82) is 0 Å². The molecule has 1 amide bonds. The highest BCUT2D eigenvalue weighted by molar-refractivity contribution is 6.39. The molecule has 0 aromatic rings. The van der Waals surface area contributed by atoms with Gasteiger partial charge in [0.25, 0.3) is 11.7 Å². The number of carbonyl (C=O) groups is 5. The third-order valence-corrected chi connectivity index (χ3v) is 15.5. The summed E-state index contributed by atoms with van der Waals surface area (Å²) >= 11 is 0. The second-order valence-electron chi connectivity index (χ2n) is 22.7. The van der Waals surface area contributed by atoms with Crippen LogP contribution in [0.25, 0.3) is 0 Å². The fraction of sp³-hybridized carbons (Fsp3) is 0.772. The highest BCUT2D eigenvalue weighted by Crippen LogP contribution is 2.39. The van der Waals surface area contributed by atoms with Crippen LogP contribution in [0.5, 0.6) is 0 Å². The largest absolute Gasteiger partial charge is 0.460 e. The molecule has 70 heavy (non-hydrogen) atoms. The molecule has 0 unspecified atom stereocenters. The number of ether oxygens (including phenoxy) is 5. The summed E-state index contributed by atoms with van der Waals surface area (Å²) in [5.41, 5.74) is 1.09. The molecule has 2 saturated heterocycles. The molecule has 1 saturated carbocycles. The first kappa shape index (κ1) is 59.2. The van der Waals surface area contributed by atoms with Crippen molar-refractivity contribution in [3.8, 4) is 0 Å². The Morgan fingerprint density at radius 1 is 0.886 bits per heavy atom. The van der Waals surface area contributed by atoms with E-state index in [1.807, 2.05) is 92.7 Å². The van der Waals surface area contributed by atoms with Crippen LogP contribution in [-0.4, -0.2) is 119 Å². The van der Waals surface area contributed by atoms with Gasteiger partial charge in [-0.15, -0.1) is 0 Å². The molecule has 1 aliphatic carbocycles. The average molecular weight is 982 g/mol. The number of rotatable bonds is 8. The standard InChI is InChI=1S/C57H91NO12/c1-35-19-15-14-16-20-36(2)49(66-13)33-45-24-22-42(8)57(65,69-45)53(62)54(63)58-26-18-17-21-46(58)55(64)68-50(39(5)32-44-23-25-48(38(4)31-44)67-28-27-59)34-47(60)37(3)30-41(7)52(70-56(10,11)12)43(9)51(61)40(6)29-35/h14-16,19-20,30,35,37-40,42-46,48-50,52,59,65H,17-18,21-29,31-34H2,1-13H3/b16-14+,19-15+,36-20+,41-30+/t35-,37-,38-,39-,40-,42-,43+,44-,45+,46+,48-,49+,50+,52-,57-/m1/s1. The Labute approximate surface area is 420 Å². The molecule has 3 heterocycles. The number of fused-ring (bicyclic) bond motifs is 3. The molecule has 2 bridgehead atoms. The molecular weight excluding hydrogens is 891 g/mol. The molecule has 3 aliphatic heterocycles. The summed E-state index contributed by atoms with van der Waals surface area (Å²) in [7, 11) is 1.60. The third kappa shape index (κ3) is 16.6. The summed E-state index contributed by atoms with van der Waals surface area (Å²) in [5, 5.41) is 21.4. The molecule has 4 aliphatic rings. The number of methoxy groups -OCH3 is 1. The van der Waals surface area contributed by atoms with Gasteiger partial charge in [0.2, 0.25) is 5.79 Å². The summed E-state index contributed by atoms with van der Waals surface area (Å²) < 4.78 is 31.0. The first-order chi connectivity index (χ1) is 32.9. The average Bonchev–Trinajstić information content (AvgIpc) is 3.31. The topological polar surface area (TPSA) is 175 Å². The van der Waals surface area contributed by atoms with E-state index >= 15 is 0 Å². The highest BCUT2D eigenvalue weighted by atomic mass is 16.6. The number of piperidine rings is 1. The van der Waals surface area contributed by atoms with E-state index < -0.39 is 77.3 Å². The van der Waals surface area contributed by atoms with Crippen LogP contribution in [0.4, 0.5) is 0 Å². The molecular formula is C57H91NO12. The lowest BCUT2D eigenvalue weighted by Gasteiger charge is -2.42. The van der Waals surface area contributed by atoms with Crippen molar-refractivity contribution in [2.75, 3.05) is 26.9 Å². The third-order valence-electron chi connectivity index (χ3n) is 15.5. The van der Waals surface area contributed by atoms with Crippen LogP contribution < -0.4 is 0 Å². The van der Waals surface area contributed by atoms with Crippen molar-refractivity contribution in [3.05, 3.63) is 47.6 Å². The van der Waals surface area contributed by atoms with E-state index in [0.29, 0.717) is 51.6 Å². The lowest BCUT2D eigenvalue weighted by Crippen LogP contribution is -2.61. The summed E-state index contributed by atoms with van der Waals surface area (Å²) in [6.45, 7) is 23.7. The van der Waals surface area contributed by atoms with Gasteiger partial charge in [-0.1, -0.05) is 84.9 Å². The second-order valence-corrected chi connectivity index (χ2v) is 22.7. The summed E-state index contributed by atoms with van der Waals surface area (Å²) in [5.74, 6) is -6.93.